The molecule has 0 unspecified atom stereocenters. The summed E-state index contributed by atoms with van der Waals surface area (Å²) in [5.74, 6) is 1.34. The second kappa shape index (κ2) is 9.45. The predicted octanol–water partition coefficient (Wildman–Crippen LogP) is 6.38. The van der Waals surface area contributed by atoms with Crippen molar-refractivity contribution in [3.8, 4) is 0 Å². The SMILES string of the molecule is Cc1cc(C)c2nc(N(Cc3ccccc3)C(=O)CSCc3ccccc3)sc2c1. The fourth-order valence-corrected chi connectivity index (χ4v) is 5.43. The molecule has 0 aliphatic rings. The van der Waals surface area contributed by atoms with E-state index in [0.717, 1.165) is 32.2 Å². The van der Waals surface area contributed by atoms with Crippen LogP contribution in [0.2, 0.25) is 0 Å². The lowest BCUT2D eigenvalue weighted by Crippen LogP contribution is -2.31. The van der Waals surface area contributed by atoms with Gasteiger partial charge in [0.1, 0.15) is 0 Å². The summed E-state index contributed by atoms with van der Waals surface area (Å²) >= 11 is 3.24. The van der Waals surface area contributed by atoms with Gasteiger partial charge in [-0.05, 0) is 42.2 Å². The number of nitrogens with zero attached hydrogens (tertiary/aromatic N) is 2. The van der Waals surface area contributed by atoms with E-state index in [1.165, 1.54) is 11.1 Å². The number of aryl methyl sites for hydroxylation is 2. The molecule has 0 radical (unpaired) electrons. The second-order valence-corrected chi connectivity index (χ2v) is 9.36. The number of anilines is 1. The first-order valence-electron chi connectivity index (χ1n) is 9.94. The molecule has 0 fully saturated rings. The van der Waals surface area contributed by atoms with Crippen LogP contribution in [-0.4, -0.2) is 16.6 Å². The fraction of sp³-hybridized carbons (Fsp3) is 0.200. The number of benzene rings is 3. The van der Waals surface area contributed by atoms with Crippen LogP contribution in [0.4, 0.5) is 5.13 Å². The lowest BCUT2D eigenvalue weighted by molar-refractivity contribution is -0.116. The Balaban J connectivity index is 1.57. The highest BCUT2D eigenvalue weighted by molar-refractivity contribution is 7.99. The van der Waals surface area contributed by atoms with Gasteiger partial charge in [0.05, 0.1) is 22.5 Å². The topological polar surface area (TPSA) is 33.2 Å². The third-order valence-electron chi connectivity index (χ3n) is 4.87. The molecule has 1 aromatic heterocycles. The van der Waals surface area contributed by atoms with E-state index >= 15 is 0 Å². The zero-order chi connectivity index (χ0) is 20.9. The summed E-state index contributed by atoms with van der Waals surface area (Å²) in [5.41, 5.74) is 5.69. The van der Waals surface area contributed by atoms with E-state index < -0.39 is 0 Å². The molecule has 0 saturated carbocycles. The fourth-order valence-electron chi connectivity index (χ4n) is 3.41. The number of hydrogen-bond acceptors (Lipinski definition) is 4. The molecule has 152 valence electrons. The van der Waals surface area contributed by atoms with Crippen molar-refractivity contribution >= 4 is 44.4 Å². The molecule has 3 aromatic carbocycles. The number of carbonyl (C=O) groups is 1. The molecule has 0 N–H and O–H groups in total. The molecule has 1 heterocycles. The Kier molecular flexibility index (Phi) is 6.50. The van der Waals surface area contributed by atoms with Gasteiger partial charge >= 0.3 is 0 Å². The Labute approximate surface area is 185 Å². The highest BCUT2D eigenvalue weighted by Gasteiger charge is 2.21. The smallest absolute Gasteiger partial charge is 0.239 e. The average molecular weight is 433 g/mol. The molecule has 1 amide bonds. The van der Waals surface area contributed by atoms with Crippen LogP contribution in [0.1, 0.15) is 22.3 Å². The first kappa shape index (κ1) is 20.6. The van der Waals surface area contributed by atoms with Crippen LogP contribution < -0.4 is 4.90 Å². The van der Waals surface area contributed by atoms with Gasteiger partial charge in [-0.15, -0.1) is 11.8 Å². The molecule has 0 saturated heterocycles. The number of carbonyl (C=O) groups excluding carboxylic acids is 1. The van der Waals surface area contributed by atoms with Gasteiger partial charge in [-0.1, -0.05) is 78.1 Å². The summed E-state index contributed by atoms with van der Waals surface area (Å²) in [5, 5.41) is 0.771. The number of aromatic nitrogens is 1. The molecule has 4 rings (SSSR count). The highest BCUT2D eigenvalue weighted by atomic mass is 32.2. The van der Waals surface area contributed by atoms with Gasteiger partial charge in [0.2, 0.25) is 5.91 Å². The van der Waals surface area contributed by atoms with Crippen LogP contribution in [0, 0.1) is 13.8 Å². The van der Waals surface area contributed by atoms with Crippen molar-refractivity contribution in [2.24, 2.45) is 0 Å². The standard InChI is InChI=1S/C25H24N2OS2/c1-18-13-19(2)24-22(14-18)30-25(26-24)27(15-20-9-5-3-6-10-20)23(28)17-29-16-21-11-7-4-8-12-21/h3-14H,15-17H2,1-2H3. The van der Waals surface area contributed by atoms with E-state index in [9.17, 15) is 4.79 Å². The zero-order valence-electron chi connectivity index (χ0n) is 17.2. The quantitative estimate of drug-likeness (QED) is 0.340. The van der Waals surface area contributed by atoms with E-state index in [1.807, 2.05) is 41.3 Å². The van der Waals surface area contributed by atoms with Gasteiger partial charge in [0.25, 0.3) is 0 Å². The van der Waals surface area contributed by atoms with Gasteiger partial charge in [-0.25, -0.2) is 4.98 Å². The van der Waals surface area contributed by atoms with E-state index in [2.05, 4.69) is 50.2 Å². The summed E-state index contributed by atoms with van der Waals surface area (Å²) in [7, 11) is 0. The Morgan fingerprint density at radius 1 is 0.967 bits per heavy atom. The summed E-state index contributed by atoms with van der Waals surface area (Å²) in [6.45, 7) is 4.71. The summed E-state index contributed by atoms with van der Waals surface area (Å²) < 4.78 is 1.13. The van der Waals surface area contributed by atoms with E-state index in [4.69, 9.17) is 4.98 Å². The van der Waals surface area contributed by atoms with Crippen molar-refractivity contribution in [3.05, 3.63) is 95.1 Å². The minimum atomic E-state index is 0.0909. The third kappa shape index (κ3) is 4.91. The number of fused-ring (bicyclic) bond motifs is 1. The van der Waals surface area contributed by atoms with Crippen LogP contribution >= 0.6 is 23.1 Å². The lowest BCUT2D eigenvalue weighted by Gasteiger charge is -2.20. The Morgan fingerprint density at radius 3 is 2.33 bits per heavy atom. The minimum absolute atomic E-state index is 0.0909. The van der Waals surface area contributed by atoms with Crippen LogP contribution in [0.15, 0.2) is 72.8 Å². The molecule has 0 bridgehead atoms. The number of thioether (sulfide) groups is 1. The number of thiazole rings is 1. The molecule has 30 heavy (non-hydrogen) atoms. The molecular weight excluding hydrogens is 408 g/mol. The zero-order valence-corrected chi connectivity index (χ0v) is 18.8. The van der Waals surface area contributed by atoms with Crippen LogP contribution in [0.3, 0.4) is 0 Å². The van der Waals surface area contributed by atoms with Crippen molar-refractivity contribution < 1.29 is 4.79 Å². The van der Waals surface area contributed by atoms with E-state index in [-0.39, 0.29) is 5.91 Å². The Bertz CT molecular complexity index is 1140. The Morgan fingerprint density at radius 2 is 1.63 bits per heavy atom. The normalized spacial score (nSPS) is 11.0. The second-order valence-electron chi connectivity index (χ2n) is 7.37. The van der Waals surface area contributed by atoms with Gasteiger partial charge in [0, 0.05) is 5.75 Å². The highest BCUT2D eigenvalue weighted by Crippen LogP contribution is 2.33. The van der Waals surface area contributed by atoms with E-state index in [1.54, 1.807) is 23.1 Å². The largest absolute Gasteiger partial charge is 0.283 e. The minimum Gasteiger partial charge on any atom is -0.283 e. The maximum absolute atomic E-state index is 13.2. The maximum atomic E-state index is 13.2. The van der Waals surface area contributed by atoms with Gasteiger partial charge in [0.15, 0.2) is 5.13 Å². The molecule has 4 aromatic rings. The Hall–Kier alpha value is -2.63. The lowest BCUT2D eigenvalue weighted by atomic mass is 10.1. The average Bonchev–Trinajstić information content (AvgIpc) is 3.17. The van der Waals surface area contributed by atoms with Crippen molar-refractivity contribution in [2.75, 3.05) is 10.7 Å². The van der Waals surface area contributed by atoms with Crippen LogP contribution in [0.25, 0.3) is 10.2 Å². The third-order valence-corrected chi connectivity index (χ3v) is 6.89. The summed E-state index contributed by atoms with van der Waals surface area (Å²) in [4.78, 5) is 19.9. The number of hydrogen-bond donors (Lipinski definition) is 0. The molecule has 3 nitrogen and oxygen atoms in total. The first-order valence-corrected chi connectivity index (χ1v) is 11.9. The van der Waals surface area contributed by atoms with Crippen molar-refractivity contribution in [2.45, 2.75) is 26.1 Å². The van der Waals surface area contributed by atoms with Crippen LogP contribution in [0.5, 0.6) is 0 Å². The molecule has 5 heteroatoms. The van der Waals surface area contributed by atoms with Gasteiger partial charge < -0.3 is 0 Å². The predicted molar refractivity (Wildman–Crippen MR) is 129 cm³/mol. The van der Waals surface area contributed by atoms with Crippen molar-refractivity contribution in [1.29, 1.82) is 0 Å². The van der Waals surface area contributed by atoms with Crippen molar-refractivity contribution in [3.63, 3.8) is 0 Å². The van der Waals surface area contributed by atoms with E-state index in [0.29, 0.717) is 12.3 Å². The molecule has 0 spiro atoms. The number of rotatable bonds is 7. The maximum Gasteiger partial charge on any atom is 0.239 e. The van der Waals surface area contributed by atoms with Crippen molar-refractivity contribution in [1.82, 2.24) is 4.98 Å². The van der Waals surface area contributed by atoms with Gasteiger partial charge in [-0.3, -0.25) is 9.69 Å². The molecule has 0 aliphatic heterocycles. The monoisotopic (exact) mass is 432 g/mol. The molecule has 0 atom stereocenters. The van der Waals surface area contributed by atoms with Gasteiger partial charge in [-0.2, -0.15) is 0 Å². The summed E-state index contributed by atoms with van der Waals surface area (Å²) in [6, 6.07) is 24.7. The number of amides is 1. The van der Waals surface area contributed by atoms with Crippen LogP contribution in [-0.2, 0) is 17.1 Å². The molecular formula is C25H24N2OS2. The first-order chi connectivity index (χ1) is 14.6. The summed E-state index contributed by atoms with van der Waals surface area (Å²) in [6.07, 6.45) is 0. The molecule has 0 aliphatic carbocycles.